The summed E-state index contributed by atoms with van der Waals surface area (Å²) in [5, 5.41) is 32.1. The van der Waals surface area contributed by atoms with E-state index in [-0.39, 0.29) is 36.7 Å². The van der Waals surface area contributed by atoms with Gasteiger partial charge >= 0.3 is 5.97 Å². The van der Waals surface area contributed by atoms with Gasteiger partial charge in [0.2, 0.25) is 5.91 Å². The number of nitro groups is 1. The first-order valence-corrected chi connectivity index (χ1v) is 11.8. The van der Waals surface area contributed by atoms with Crippen LogP contribution in [0.4, 0.5) is 17.1 Å². The zero-order valence-electron chi connectivity index (χ0n) is 20.4. The first-order chi connectivity index (χ1) is 17.6. The molecule has 1 fully saturated rings. The molecule has 2 N–H and O–H groups in total. The first-order valence-electron chi connectivity index (χ1n) is 11.8. The molecule has 3 atom stereocenters. The number of rotatable bonds is 9. The fourth-order valence-corrected chi connectivity index (χ4v) is 4.65. The summed E-state index contributed by atoms with van der Waals surface area (Å²) in [5.74, 6) is -2.02. The molecular formula is C26H27N3O8. The number of hydrogen-bond acceptors (Lipinski definition) is 8. The van der Waals surface area contributed by atoms with Gasteiger partial charge in [0.25, 0.3) is 11.6 Å². The molecule has 0 aliphatic carbocycles. The Morgan fingerprint density at radius 2 is 1.97 bits per heavy atom. The zero-order valence-corrected chi connectivity index (χ0v) is 20.4. The molecule has 0 aromatic heterocycles. The number of non-ortho nitro benzene ring substituents is 1. The molecule has 2 aromatic carbocycles. The van der Waals surface area contributed by atoms with Crippen molar-refractivity contribution >= 4 is 34.8 Å². The summed E-state index contributed by atoms with van der Waals surface area (Å²) in [6.07, 6.45) is 3.04. The Morgan fingerprint density at radius 1 is 1.27 bits per heavy atom. The molecule has 0 spiro atoms. The lowest BCUT2D eigenvalue weighted by atomic mass is 9.82. The van der Waals surface area contributed by atoms with Crippen LogP contribution in [0.2, 0.25) is 0 Å². The molecule has 0 radical (unpaired) electrons. The van der Waals surface area contributed by atoms with Crippen molar-refractivity contribution in [1.82, 2.24) is 0 Å². The second-order valence-electron chi connectivity index (χ2n) is 9.04. The van der Waals surface area contributed by atoms with Gasteiger partial charge in [-0.2, -0.15) is 0 Å². The maximum Gasteiger partial charge on any atom is 0.304 e. The minimum atomic E-state index is -2.03. The highest BCUT2D eigenvalue weighted by Gasteiger charge is 2.53. The van der Waals surface area contributed by atoms with Crippen LogP contribution < -0.4 is 9.80 Å². The van der Waals surface area contributed by atoms with E-state index in [1.165, 1.54) is 34.9 Å². The second kappa shape index (κ2) is 10.1. The number of aliphatic hydroxyl groups excluding tert-OH is 1. The van der Waals surface area contributed by atoms with Crippen molar-refractivity contribution < 1.29 is 34.3 Å². The summed E-state index contributed by atoms with van der Waals surface area (Å²) < 4.78 is 5.14. The number of esters is 1. The van der Waals surface area contributed by atoms with Gasteiger partial charge in [0.05, 0.1) is 23.6 Å². The molecule has 1 saturated heterocycles. The molecule has 0 saturated carbocycles. The number of β-lactam (4-membered cyclic amide) rings is 1. The minimum absolute atomic E-state index is 0.0701. The van der Waals surface area contributed by atoms with Crippen molar-refractivity contribution in [3.63, 3.8) is 0 Å². The third-order valence-corrected chi connectivity index (χ3v) is 6.61. The van der Waals surface area contributed by atoms with Crippen LogP contribution in [0.5, 0.6) is 0 Å². The topological polar surface area (TPSA) is 151 Å². The Bertz CT molecular complexity index is 1280. The fourth-order valence-electron chi connectivity index (χ4n) is 4.65. The van der Waals surface area contributed by atoms with Crippen molar-refractivity contribution in [2.45, 2.75) is 45.1 Å². The fraction of sp³-hybridized carbons (Fsp3) is 0.346. The van der Waals surface area contributed by atoms with E-state index in [1.54, 1.807) is 43.3 Å². The van der Waals surface area contributed by atoms with Crippen LogP contribution in [0.1, 0.15) is 37.8 Å². The third-order valence-electron chi connectivity index (χ3n) is 6.61. The molecule has 11 nitrogen and oxygen atoms in total. The smallest absolute Gasteiger partial charge is 0.304 e. The van der Waals surface area contributed by atoms with Crippen LogP contribution in [0, 0.1) is 16.0 Å². The lowest BCUT2D eigenvalue weighted by molar-refractivity contribution is -0.385. The number of carbonyl (C=O) groups is 3. The van der Waals surface area contributed by atoms with Gasteiger partial charge < -0.3 is 19.8 Å². The van der Waals surface area contributed by atoms with E-state index in [1.807, 2.05) is 0 Å². The zero-order chi connectivity index (χ0) is 26.9. The van der Waals surface area contributed by atoms with Crippen LogP contribution in [0.3, 0.4) is 0 Å². The SMILES string of the molecule is CC(=O)OC1CC(=O)N1c1ccc(CN2C(=O)[C@@](O)([C@@H](C)/C=C/CCO)c3cc([N+](=O)[O-])ccc32)cc1. The van der Waals surface area contributed by atoms with Gasteiger partial charge in [-0.05, 0) is 30.2 Å². The van der Waals surface area contributed by atoms with Crippen LogP contribution in [0.15, 0.2) is 54.6 Å². The van der Waals surface area contributed by atoms with Crippen LogP contribution in [-0.4, -0.2) is 45.8 Å². The summed E-state index contributed by atoms with van der Waals surface area (Å²) in [6, 6.07) is 10.7. The number of nitrogens with zero attached hydrogens (tertiary/aromatic N) is 3. The highest BCUT2D eigenvalue weighted by molar-refractivity contribution is 6.07. The summed E-state index contributed by atoms with van der Waals surface area (Å²) in [5.41, 5.74) is -0.559. The van der Waals surface area contributed by atoms with Gasteiger partial charge in [-0.15, -0.1) is 0 Å². The average Bonchev–Trinajstić information content (AvgIpc) is 3.06. The number of hydrogen-bond donors (Lipinski definition) is 2. The summed E-state index contributed by atoms with van der Waals surface area (Å²) >= 11 is 0. The maximum absolute atomic E-state index is 13.6. The maximum atomic E-state index is 13.6. The van der Waals surface area contributed by atoms with Crippen molar-refractivity contribution in [3.8, 4) is 0 Å². The Morgan fingerprint density at radius 3 is 2.57 bits per heavy atom. The Balaban J connectivity index is 1.63. The molecule has 2 heterocycles. The normalized spacial score (nSPS) is 21.7. The van der Waals surface area contributed by atoms with E-state index < -0.39 is 34.5 Å². The molecule has 2 aliphatic heterocycles. The van der Waals surface area contributed by atoms with Crippen LogP contribution in [0.25, 0.3) is 0 Å². The van der Waals surface area contributed by atoms with Crippen molar-refractivity contribution in [1.29, 1.82) is 0 Å². The number of benzene rings is 2. The van der Waals surface area contributed by atoms with E-state index in [9.17, 15) is 29.6 Å². The van der Waals surface area contributed by atoms with Crippen molar-refractivity contribution in [3.05, 3.63) is 75.9 Å². The Labute approximate surface area is 212 Å². The van der Waals surface area contributed by atoms with E-state index in [0.717, 1.165) is 0 Å². The molecule has 2 aliphatic rings. The highest BCUT2D eigenvalue weighted by Crippen LogP contribution is 2.47. The predicted octanol–water partition coefficient (Wildman–Crippen LogP) is 2.53. The summed E-state index contributed by atoms with van der Waals surface area (Å²) in [7, 11) is 0. The summed E-state index contributed by atoms with van der Waals surface area (Å²) in [4.78, 5) is 50.5. The monoisotopic (exact) mass is 509 g/mol. The van der Waals surface area contributed by atoms with Gasteiger partial charge in [-0.1, -0.05) is 31.2 Å². The molecule has 194 valence electrons. The molecule has 0 bridgehead atoms. The van der Waals surface area contributed by atoms with Gasteiger partial charge in [0.1, 0.15) is 0 Å². The second-order valence-corrected chi connectivity index (χ2v) is 9.04. The van der Waals surface area contributed by atoms with E-state index in [2.05, 4.69) is 0 Å². The number of carbonyl (C=O) groups excluding carboxylic acids is 3. The predicted molar refractivity (Wildman–Crippen MR) is 132 cm³/mol. The standard InChI is InChI=1S/C26H27N3O8/c1-16(5-3-4-12-30)26(34)21-13-20(29(35)36)10-11-22(21)27(25(26)33)15-18-6-8-19(9-7-18)28-23(32)14-24(28)37-17(2)31/h3,5-11,13,16,24,30,34H,4,12,14-15H2,1-2H3/b5-3+/t16-,24?,26+/m0/s1. The molecule has 1 unspecified atom stereocenters. The van der Waals surface area contributed by atoms with Gasteiger partial charge in [0, 0.05) is 42.8 Å². The number of ether oxygens (including phenoxy) is 1. The quantitative estimate of drug-likeness (QED) is 0.172. The number of amides is 2. The number of aliphatic hydroxyl groups is 2. The van der Waals surface area contributed by atoms with Gasteiger partial charge in [-0.25, -0.2) is 0 Å². The molecule has 11 heteroatoms. The lowest BCUT2D eigenvalue weighted by Gasteiger charge is -2.39. The Kier molecular flexibility index (Phi) is 7.10. The minimum Gasteiger partial charge on any atom is -0.441 e. The van der Waals surface area contributed by atoms with E-state index >= 15 is 0 Å². The molecule has 2 aromatic rings. The number of anilines is 2. The first kappa shape index (κ1) is 26.0. The van der Waals surface area contributed by atoms with E-state index in [4.69, 9.17) is 9.84 Å². The van der Waals surface area contributed by atoms with Crippen molar-refractivity contribution in [2.24, 2.45) is 5.92 Å². The van der Waals surface area contributed by atoms with Crippen molar-refractivity contribution in [2.75, 3.05) is 16.4 Å². The Hall–Kier alpha value is -4.09. The summed E-state index contributed by atoms with van der Waals surface area (Å²) in [6.45, 7) is 2.88. The molecule has 2 amide bonds. The van der Waals surface area contributed by atoms with Gasteiger partial charge in [-0.3, -0.25) is 29.4 Å². The molecule has 4 rings (SSSR count). The number of fused-ring (bicyclic) bond motifs is 1. The lowest BCUT2D eigenvalue weighted by Crippen LogP contribution is -2.54. The van der Waals surface area contributed by atoms with E-state index in [0.29, 0.717) is 23.4 Å². The molecular weight excluding hydrogens is 482 g/mol. The number of nitro benzene ring substituents is 1. The third kappa shape index (κ3) is 4.70. The van der Waals surface area contributed by atoms with Gasteiger partial charge in [0.15, 0.2) is 11.8 Å². The van der Waals surface area contributed by atoms with Crippen LogP contribution >= 0.6 is 0 Å². The largest absolute Gasteiger partial charge is 0.441 e. The average molecular weight is 510 g/mol. The van der Waals surface area contributed by atoms with Crippen LogP contribution in [-0.2, 0) is 31.3 Å². The molecule has 37 heavy (non-hydrogen) atoms. The highest BCUT2D eigenvalue weighted by atomic mass is 16.6.